The highest BCUT2D eigenvalue weighted by atomic mass is 19.1. The van der Waals surface area contributed by atoms with Gasteiger partial charge in [0.25, 0.3) is 0 Å². The van der Waals surface area contributed by atoms with Crippen LogP contribution in [0.4, 0.5) is 8.78 Å². The average Bonchev–Trinajstić information content (AvgIpc) is 2.15. The molecular weight excluding hydrogens is 188 g/mol. The van der Waals surface area contributed by atoms with Crippen molar-refractivity contribution in [2.45, 2.75) is 19.9 Å². The van der Waals surface area contributed by atoms with Crippen LogP contribution < -0.4 is 5.73 Å². The van der Waals surface area contributed by atoms with Crippen molar-refractivity contribution in [3.8, 4) is 0 Å². The lowest BCUT2D eigenvalue weighted by Crippen LogP contribution is -2.19. The van der Waals surface area contributed by atoms with Gasteiger partial charge in [-0.25, -0.2) is 8.78 Å². The zero-order chi connectivity index (χ0) is 10.9. The molecule has 1 rings (SSSR count). The molecule has 0 aromatic heterocycles. The van der Waals surface area contributed by atoms with Crippen LogP contribution in [-0.4, -0.2) is 11.7 Å². The summed E-state index contributed by atoms with van der Waals surface area (Å²) in [7, 11) is 0. The maximum atomic E-state index is 13.5. The van der Waals surface area contributed by atoms with Crippen molar-refractivity contribution in [1.82, 2.24) is 0 Å². The molecule has 1 atom stereocenters. The molecule has 14 heavy (non-hydrogen) atoms. The largest absolute Gasteiger partial charge is 0.394 e. The van der Waals surface area contributed by atoms with E-state index in [-0.39, 0.29) is 16.7 Å². The molecule has 4 heteroatoms. The van der Waals surface area contributed by atoms with Crippen LogP contribution in [0.2, 0.25) is 0 Å². The van der Waals surface area contributed by atoms with Crippen LogP contribution in [0, 0.1) is 25.5 Å². The van der Waals surface area contributed by atoms with E-state index in [2.05, 4.69) is 0 Å². The van der Waals surface area contributed by atoms with E-state index in [1.165, 1.54) is 13.8 Å². The summed E-state index contributed by atoms with van der Waals surface area (Å²) in [5.41, 5.74) is 5.90. The Labute approximate surface area is 81.4 Å². The van der Waals surface area contributed by atoms with Crippen LogP contribution in [0.3, 0.4) is 0 Å². The lowest BCUT2D eigenvalue weighted by molar-refractivity contribution is 0.264. The van der Waals surface area contributed by atoms with Crippen LogP contribution in [0.1, 0.15) is 22.7 Å². The first-order chi connectivity index (χ1) is 6.49. The van der Waals surface area contributed by atoms with Gasteiger partial charge in [-0.3, -0.25) is 0 Å². The van der Waals surface area contributed by atoms with Gasteiger partial charge in [-0.2, -0.15) is 0 Å². The monoisotopic (exact) mass is 201 g/mol. The molecule has 1 unspecified atom stereocenters. The van der Waals surface area contributed by atoms with Crippen LogP contribution in [-0.2, 0) is 0 Å². The smallest absolute Gasteiger partial charge is 0.131 e. The van der Waals surface area contributed by atoms with E-state index in [4.69, 9.17) is 10.8 Å². The Balaban J connectivity index is 3.39. The van der Waals surface area contributed by atoms with Crippen molar-refractivity contribution >= 4 is 0 Å². The van der Waals surface area contributed by atoms with Crippen LogP contribution in [0.25, 0.3) is 0 Å². The van der Waals surface area contributed by atoms with Crippen LogP contribution in [0.5, 0.6) is 0 Å². The Morgan fingerprint density at radius 1 is 1.43 bits per heavy atom. The van der Waals surface area contributed by atoms with E-state index < -0.39 is 24.3 Å². The predicted molar refractivity (Wildman–Crippen MR) is 49.8 cm³/mol. The fourth-order valence-corrected chi connectivity index (χ4v) is 1.40. The molecule has 0 spiro atoms. The van der Waals surface area contributed by atoms with E-state index in [9.17, 15) is 8.78 Å². The number of halogens is 2. The van der Waals surface area contributed by atoms with Crippen molar-refractivity contribution in [1.29, 1.82) is 0 Å². The number of benzene rings is 1. The average molecular weight is 201 g/mol. The first-order valence-electron chi connectivity index (χ1n) is 4.30. The fourth-order valence-electron chi connectivity index (χ4n) is 1.40. The molecule has 0 fully saturated rings. The summed E-state index contributed by atoms with van der Waals surface area (Å²) in [6, 6.07) is 0.252. The topological polar surface area (TPSA) is 46.2 Å². The number of hydrogen-bond donors (Lipinski definition) is 2. The van der Waals surface area contributed by atoms with Gasteiger partial charge in [0.2, 0.25) is 0 Å². The number of aryl methyl sites for hydroxylation is 1. The summed E-state index contributed by atoms with van der Waals surface area (Å²) in [6.45, 7) is 2.51. The summed E-state index contributed by atoms with van der Waals surface area (Å²) < 4.78 is 26.7. The Kier molecular flexibility index (Phi) is 3.18. The molecule has 0 aliphatic heterocycles. The van der Waals surface area contributed by atoms with Crippen molar-refractivity contribution < 1.29 is 13.9 Å². The first kappa shape index (κ1) is 11.1. The van der Waals surface area contributed by atoms with E-state index in [0.717, 1.165) is 6.07 Å². The van der Waals surface area contributed by atoms with Crippen molar-refractivity contribution in [2.75, 3.05) is 6.61 Å². The molecule has 78 valence electrons. The second kappa shape index (κ2) is 4.02. The summed E-state index contributed by atoms with van der Waals surface area (Å²) >= 11 is 0. The molecule has 0 amide bonds. The second-order valence-electron chi connectivity index (χ2n) is 3.32. The van der Waals surface area contributed by atoms with E-state index in [0.29, 0.717) is 0 Å². The second-order valence-corrected chi connectivity index (χ2v) is 3.32. The van der Waals surface area contributed by atoms with Crippen molar-refractivity contribution in [3.63, 3.8) is 0 Å². The third-order valence-corrected chi connectivity index (χ3v) is 2.26. The standard InChI is InChI=1S/C10H13F2NO/c1-5-3-7(11)6(2)9(10(5)12)8(13)4-14/h3,8,14H,4,13H2,1-2H3. The van der Waals surface area contributed by atoms with E-state index in [1.807, 2.05) is 0 Å². The van der Waals surface area contributed by atoms with Gasteiger partial charge >= 0.3 is 0 Å². The summed E-state index contributed by atoms with van der Waals surface area (Å²) in [5, 5.41) is 8.80. The molecule has 0 radical (unpaired) electrons. The lowest BCUT2D eigenvalue weighted by atomic mass is 9.98. The fraction of sp³-hybridized carbons (Fsp3) is 0.400. The molecule has 0 aliphatic carbocycles. The van der Waals surface area contributed by atoms with Gasteiger partial charge in [-0.1, -0.05) is 0 Å². The van der Waals surface area contributed by atoms with Crippen LogP contribution in [0.15, 0.2) is 6.07 Å². The van der Waals surface area contributed by atoms with E-state index in [1.54, 1.807) is 0 Å². The minimum Gasteiger partial charge on any atom is -0.394 e. The van der Waals surface area contributed by atoms with Gasteiger partial charge < -0.3 is 10.8 Å². The van der Waals surface area contributed by atoms with Gasteiger partial charge in [0.15, 0.2) is 0 Å². The molecule has 3 N–H and O–H groups in total. The van der Waals surface area contributed by atoms with Gasteiger partial charge in [0.05, 0.1) is 12.6 Å². The number of aliphatic hydroxyl groups excluding tert-OH is 1. The zero-order valence-electron chi connectivity index (χ0n) is 8.14. The molecule has 0 heterocycles. The maximum absolute atomic E-state index is 13.5. The number of hydrogen-bond acceptors (Lipinski definition) is 2. The van der Waals surface area contributed by atoms with Crippen molar-refractivity contribution in [3.05, 3.63) is 34.4 Å². The zero-order valence-corrected chi connectivity index (χ0v) is 8.14. The normalized spacial score (nSPS) is 13.0. The SMILES string of the molecule is Cc1cc(F)c(C)c(C(N)CO)c1F. The van der Waals surface area contributed by atoms with Gasteiger partial charge in [-0.05, 0) is 31.0 Å². The Bertz CT molecular complexity index is 326. The first-order valence-corrected chi connectivity index (χ1v) is 4.30. The summed E-state index contributed by atoms with van der Waals surface area (Å²) in [6.07, 6.45) is 0. The molecule has 0 saturated carbocycles. The predicted octanol–water partition coefficient (Wildman–Crippen LogP) is 1.57. The highest BCUT2D eigenvalue weighted by Gasteiger charge is 2.18. The van der Waals surface area contributed by atoms with Crippen LogP contribution >= 0.6 is 0 Å². The third-order valence-electron chi connectivity index (χ3n) is 2.26. The molecule has 0 bridgehead atoms. The van der Waals surface area contributed by atoms with Crippen molar-refractivity contribution in [2.24, 2.45) is 5.73 Å². The number of aliphatic hydroxyl groups is 1. The quantitative estimate of drug-likeness (QED) is 0.763. The Hall–Kier alpha value is -1.00. The molecule has 1 aromatic carbocycles. The van der Waals surface area contributed by atoms with Gasteiger partial charge in [0, 0.05) is 5.56 Å². The summed E-state index contributed by atoms with van der Waals surface area (Å²) in [4.78, 5) is 0. The molecule has 0 saturated heterocycles. The van der Waals surface area contributed by atoms with E-state index >= 15 is 0 Å². The number of nitrogens with two attached hydrogens (primary N) is 1. The molecule has 2 nitrogen and oxygen atoms in total. The van der Waals surface area contributed by atoms with Gasteiger partial charge in [-0.15, -0.1) is 0 Å². The minimum atomic E-state index is -0.871. The maximum Gasteiger partial charge on any atom is 0.131 e. The minimum absolute atomic E-state index is 0.0602. The highest BCUT2D eigenvalue weighted by molar-refractivity contribution is 5.36. The summed E-state index contributed by atoms with van der Waals surface area (Å²) in [5.74, 6) is -1.03. The highest BCUT2D eigenvalue weighted by Crippen LogP contribution is 2.24. The number of rotatable bonds is 2. The van der Waals surface area contributed by atoms with Gasteiger partial charge in [0.1, 0.15) is 11.6 Å². The molecular formula is C10H13F2NO. The third kappa shape index (κ3) is 1.76. The Morgan fingerprint density at radius 3 is 2.50 bits per heavy atom. The molecule has 0 aliphatic rings. The molecule has 1 aromatic rings. The Morgan fingerprint density at radius 2 is 2.00 bits per heavy atom. The lowest BCUT2D eigenvalue weighted by Gasteiger charge is -2.15.